The monoisotopic (exact) mass is 547 g/mol. The van der Waals surface area contributed by atoms with Gasteiger partial charge >= 0.3 is 0 Å². The molecular formula is C34H42ClNO3. The largest absolute Gasteiger partial charge is 0.493 e. The fourth-order valence-corrected chi connectivity index (χ4v) is 7.59. The van der Waals surface area contributed by atoms with Gasteiger partial charge in [0.05, 0.1) is 27.4 Å². The minimum Gasteiger partial charge on any atom is -0.493 e. The summed E-state index contributed by atoms with van der Waals surface area (Å²) in [6, 6.07) is 24.4. The number of likely N-dealkylation sites (tertiary alicyclic amines) is 1. The van der Waals surface area contributed by atoms with Crippen molar-refractivity contribution in [3.8, 4) is 11.5 Å². The molecule has 2 aliphatic heterocycles. The van der Waals surface area contributed by atoms with E-state index in [9.17, 15) is 0 Å². The summed E-state index contributed by atoms with van der Waals surface area (Å²) < 4.78 is 17.7. The molecule has 3 aliphatic rings. The lowest BCUT2D eigenvalue weighted by atomic mass is 9.68. The van der Waals surface area contributed by atoms with Gasteiger partial charge in [0.1, 0.15) is 0 Å². The molecule has 1 saturated heterocycles. The third-order valence-corrected chi connectivity index (χ3v) is 9.58. The normalized spacial score (nSPS) is 24.4. The molecule has 1 aliphatic carbocycles. The number of piperidine rings is 1. The molecule has 1 spiro atoms. The zero-order valence-corrected chi connectivity index (χ0v) is 24.2. The van der Waals surface area contributed by atoms with E-state index in [0.717, 1.165) is 30.9 Å². The van der Waals surface area contributed by atoms with Crippen molar-refractivity contribution >= 4 is 12.4 Å². The van der Waals surface area contributed by atoms with Crippen molar-refractivity contribution < 1.29 is 14.2 Å². The van der Waals surface area contributed by atoms with E-state index in [2.05, 4.69) is 71.6 Å². The highest BCUT2D eigenvalue weighted by atomic mass is 35.5. The van der Waals surface area contributed by atoms with Crippen LogP contribution in [0.3, 0.4) is 0 Å². The second-order valence-corrected chi connectivity index (χ2v) is 11.5. The van der Waals surface area contributed by atoms with E-state index in [1.165, 1.54) is 61.8 Å². The molecule has 208 valence electrons. The zero-order chi connectivity index (χ0) is 26.0. The van der Waals surface area contributed by atoms with Crippen molar-refractivity contribution in [1.29, 1.82) is 0 Å². The van der Waals surface area contributed by atoms with Crippen molar-refractivity contribution in [2.24, 2.45) is 0 Å². The van der Waals surface area contributed by atoms with Gasteiger partial charge in [-0.3, -0.25) is 4.90 Å². The van der Waals surface area contributed by atoms with Crippen LogP contribution in [0.25, 0.3) is 0 Å². The number of fused-ring (bicyclic) bond motifs is 2. The number of nitrogens with zero attached hydrogens (tertiary/aromatic N) is 1. The summed E-state index contributed by atoms with van der Waals surface area (Å²) in [5, 5.41) is 0. The Morgan fingerprint density at radius 3 is 2.38 bits per heavy atom. The van der Waals surface area contributed by atoms with Gasteiger partial charge in [0.15, 0.2) is 11.5 Å². The Balaban J connectivity index is 0.00000308. The lowest BCUT2D eigenvalue weighted by Crippen LogP contribution is -2.55. The lowest BCUT2D eigenvalue weighted by Gasteiger charge is -2.50. The predicted molar refractivity (Wildman–Crippen MR) is 160 cm³/mol. The van der Waals surface area contributed by atoms with Crippen molar-refractivity contribution in [2.45, 2.75) is 68.9 Å². The highest BCUT2D eigenvalue weighted by molar-refractivity contribution is 5.85. The fraction of sp³-hybridized carbons (Fsp3) is 0.471. The molecule has 5 heteroatoms. The number of benzene rings is 3. The first kappa shape index (κ1) is 28.0. The number of halogens is 1. The molecule has 0 N–H and O–H groups in total. The van der Waals surface area contributed by atoms with Crippen LogP contribution >= 0.6 is 12.4 Å². The van der Waals surface area contributed by atoms with Gasteiger partial charge in [-0.05, 0) is 98.0 Å². The summed E-state index contributed by atoms with van der Waals surface area (Å²) in [7, 11) is 3.43. The number of aryl methyl sites for hydroxylation is 1. The molecule has 0 aromatic heterocycles. The fourth-order valence-electron chi connectivity index (χ4n) is 7.59. The van der Waals surface area contributed by atoms with E-state index >= 15 is 0 Å². The van der Waals surface area contributed by atoms with Crippen LogP contribution < -0.4 is 9.47 Å². The molecule has 2 atom stereocenters. The molecule has 2 heterocycles. The predicted octanol–water partition coefficient (Wildman–Crippen LogP) is 7.14. The number of hydrogen-bond donors (Lipinski definition) is 0. The molecule has 0 saturated carbocycles. The first-order valence-electron chi connectivity index (χ1n) is 14.4. The van der Waals surface area contributed by atoms with E-state index < -0.39 is 0 Å². The maximum absolute atomic E-state index is 6.32. The maximum atomic E-state index is 6.32. The number of rotatable bonds is 7. The molecule has 0 radical (unpaired) electrons. The minimum absolute atomic E-state index is 0. The molecule has 3 aromatic rings. The second-order valence-electron chi connectivity index (χ2n) is 11.5. The summed E-state index contributed by atoms with van der Waals surface area (Å²) >= 11 is 0. The van der Waals surface area contributed by atoms with Crippen molar-refractivity contribution in [1.82, 2.24) is 4.90 Å². The van der Waals surface area contributed by atoms with Crippen LogP contribution in [0.5, 0.6) is 11.5 Å². The van der Waals surface area contributed by atoms with E-state index in [1.807, 2.05) is 0 Å². The highest BCUT2D eigenvalue weighted by Gasteiger charge is 2.43. The molecule has 6 rings (SSSR count). The van der Waals surface area contributed by atoms with Crippen LogP contribution in [0.15, 0.2) is 66.7 Å². The van der Waals surface area contributed by atoms with Gasteiger partial charge in [-0.1, -0.05) is 61.0 Å². The van der Waals surface area contributed by atoms with E-state index in [-0.39, 0.29) is 17.8 Å². The van der Waals surface area contributed by atoms with Crippen molar-refractivity contribution in [3.05, 3.63) is 94.5 Å². The first-order chi connectivity index (χ1) is 18.7. The Hall–Kier alpha value is -2.53. The molecule has 1 fully saturated rings. The Morgan fingerprint density at radius 2 is 1.59 bits per heavy atom. The van der Waals surface area contributed by atoms with E-state index in [1.54, 1.807) is 25.3 Å². The van der Waals surface area contributed by atoms with Gasteiger partial charge in [0.25, 0.3) is 0 Å². The quantitative estimate of drug-likeness (QED) is 0.315. The third-order valence-electron chi connectivity index (χ3n) is 9.58. The first-order valence-corrected chi connectivity index (χ1v) is 14.4. The lowest BCUT2D eigenvalue weighted by molar-refractivity contribution is 0.0261. The van der Waals surface area contributed by atoms with Crippen LogP contribution in [-0.2, 0) is 29.6 Å². The molecule has 4 nitrogen and oxygen atoms in total. The minimum atomic E-state index is -0.198. The van der Waals surface area contributed by atoms with Gasteiger partial charge in [0, 0.05) is 11.0 Å². The van der Waals surface area contributed by atoms with Crippen LogP contribution in [0, 0.1) is 0 Å². The molecule has 39 heavy (non-hydrogen) atoms. The smallest absolute Gasteiger partial charge is 0.161 e. The summed E-state index contributed by atoms with van der Waals surface area (Å²) in [5.74, 6) is 1.57. The number of ether oxygens (including phenoxy) is 3. The average Bonchev–Trinajstić information content (AvgIpc) is 2.98. The number of hydrogen-bond acceptors (Lipinski definition) is 4. The molecule has 2 unspecified atom stereocenters. The van der Waals surface area contributed by atoms with Gasteiger partial charge in [-0.15, -0.1) is 12.4 Å². The van der Waals surface area contributed by atoms with E-state index in [0.29, 0.717) is 18.8 Å². The van der Waals surface area contributed by atoms with Gasteiger partial charge in [-0.2, -0.15) is 0 Å². The maximum Gasteiger partial charge on any atom is 0.161 e. The molecule has 0 bridgehead atoms. The zero-order valence-electron chi connectivity index (χ0n) is 23.4. The second kappa shape index (κ2) is 11.9. The Labute approximate surface area is 240 Å². The van der Waals surface area contributed by atoms with Crippen LogP contribution in [0.2, 0.25) is 0 Å². The average molecular weight is 548 g/mol. The third kappa shape index (κ3) is 5.19. The van der Waals surface area contributed by atoms with Crippen LogP contribution in [0.4, 0.5) is 0 Å². The van der Waals surface area contributed by atoms with Crippen molar-refractivity contribution in [3.63, 3.8) is 0 Å². The van der Waals surface area contributed by atoms with Gasteiger partial charge in [0.2, 0.25) is 0 Å². The highest BCUT2D eigenvalue weighted by Crippen LogP contribution is 2.46. The summed E-state index contributed by atoms with van der Waals surface area (Å²) in [6.07, 6.45) is 9.88. The Morgan fingerprint density at radius 1 is 0.846 bits per heavy atom. The standard InChI is InChI=1S/C34H41NO3.ClH/c1-36-31-21-28-24-38-25-34(29-13-4-3-5-14-29,30(28)22-32(31)37-2)17-10-20-35-19-9-8-16-33(35)18-15-26-11-6-7-12-27(26)23-33;/h3-7,11-14,21-22H,8-10,15-20,23-25H2,1-2H3;1H. The molecule has 0 amide bonds. The SMILES string of the molecule is COc1cc2c(cc1OC)C(CCCN1CCCCC13CCc1ccccc1C3)(c1ccccc1)COC2.Cl. The van der Waals surface area contributed by atoms with Crippen LogP contribution in [0.1, 0.15) is 66.3 Å². The van der Waals surface area contributed by atoms with E-state index in [4.69, 9.17) is 14.2 Å². The molecule has 3 aromatic carbocycles. The Kier molecular flexibility index (Phi) is 8.56. The summed E-state index contributed by atoms with van der Waals surface area (Å²) in [4.78, 5) is 2.87. The summed E-state index contributed by atoms with van der Waals surface area (Å²) in [6.45, 7) is 3.66. The van der Waals surface area contributed by atoms with Crippen LogP contribution in [-0.4, -0.2) is 44.4 Å². The Bertz CT molecular complexity index is 1260. The summed E-state index contributed by atoms with van der Waals surface area (Å²) in [5.41, 5.74) is 7.12. The van der Waals surface area contributed by atoms with Gasteiger partial charge < -0.3 is 14.2 Å². The number of methoxy groups -OCH3 is 2. The van der Waals surface area contributed by atoms with Crippen molar-refractivity contribution in [2.75, 3.05) is 33.9 Å². The van der Waals surface area contributed by atoms with Gasteiger partial charge in [-0.25, -0.2) is 0 Å². The molecular weight excluding hydrogens is 506 g/mol. The topological polar surface area (TPSA) is 30.9 Å².